The molecule has 1 aliphatic rings. The van der Waals surface area contributed by atoms with Gasteiger partial charge in [-0.15, -0.1) is 0 Å². The summed E-state index contributed by atoms with van der Waals surface area (Å²) in [6.07, 6.45) is -5.27. The average Bonchev–Trinajstić information content (AvgIpc) is 2.94. The highest BCUT2D eigenvalue weighted by atomic mass is 32.2. The fraction of sp³-hybridized carbons (Fsp3) is 0.350. The second-order valence-electron chi connectivity index (χ2n) is 6.53. The van der Waals surface area contributed by atoms with Gasteiger partial charge in [-0.3, -0.25) is 4.79 Å². The van der Waals surface area contributed by atoms with Gasteiger partial charge in [0.15, 0.2) is 6.61 Å². The zero-order valence-electron chi connectivity index (χ0n) is 16.0. The first kappa shape index (κ1) is 21.2. The molecule has 1 amide bonds. The Labute approximate surface area is 171 Å². The van der Waals surface area contributed by atoms with Crippen LogP contribution in [0.25, 0.3) is 0 Å². The van der Waals surface area contributed by atoms with Gasteiger partial charge in [-0.05, 0) is 43.3 Å². The first-order chi connectivity index (χ1) is 13.7. The normalized spacial score (nSPS) is 15.8. The number of anilines is 2. The molecule has 3 rings (SSSR count). The van der Waals surface area contributed by atoms with Gasteiger partial charge in [0.05, 0.1) is 24.1 Å². The van der Waals surface area contributed by atoms with Crippen molar-refractivity contribution in [3.63, 3.8) is 0 Å². The van der Waals surface area contributed by atoms with Crippen molar-refractivity contribution < 1.29 is 27.4 Å². The van der Waals surface area contributed by atoms with E-state index >= 15 is 0 Å². The molecule has 0 saturated carbocycles. The van der Waals surface area contributed by atoms with Crippen LogP contribution in [0.1, 0.15) is 13.3 Å². The molecule has 1 atom stereocenters. The SMILES string of the molecule is CC1Sc2ccc(OCC(=O)Nc3ccc(OCCC(F)(F)F)cc3)cc2N1C. The van der Waals surface area contributed by atoms with Crippen LogP contribution in [0.5, 0.6) is 11.5 Å². The number of carbonyl (C=O) groups is 1. The Balaban J connectivity index is 1.46. The minimum atomic E-state index is -4.25. The van der Waals surface area contributed by atoms with Gasteiger partial charge in [0.2, 0.25) is 0 Å². The van der Waals surface area contributed by atoms with Crippen LogP contribution in [0.4, 0.5) is 24.5 Å². The molecule has 1 aliphatic heterocycles. The largest absolute Gasteiger partial charge is 0.493 e. The van der Waals surface area contributed by atoms with Crippen LogP contribution in [0.3, 0.4) is 0 Å². The van der Waals surface area contributed by atoms with Gasteiger partial charge >= 0.3 is 6.18 Å². The highest BCUT2D eigenvalue weighted by Gasteiger charge is 2.27. The Morgan fingerprint density at radius 3 is 2.52 bits per heavy atom. The van der Waals surface area contributed by atoms with Crippen molar-refractivity contribution in [2.24, 2.45) is 0 Å². The van der Waals surface area contributed by atoms with E-state index in [9.17, 15) is 18.0 Å². The summed E-state index contributed by atoms with van der Waals surface area (Å²) in [7, 11) is 2.01. The maximum Gasteiger partial charge on any atom is 0.392 e. The minimum Gasteiger partial charge on any atom is -0.493 e. The summed E-state index contributed by atoms with van der Waals surface area (Å²) < 4.78 is 47.0. The summed E-state index contributed by atoms with van der Waals surface area (Å²) in [5, 5.41) is 3.02. The van der Waals surface area contributed by atoms with Crippen LogP contribution < -0.4 is 19.7 Å². The summed E-state index contributed by atoms with van der Waals surface area (Å²) in [6, 6.07) is 11.8. The first-order valence-corrected chi connectivity index (χ1v) is 9.85. The molecule has 5 nitrogen and oxygen atoms in total. The smallest absolute Gasteiger partial charge is 0.392 e. The highest BCUT2D eigenvalue weighted by molar-refractivity contribution is 8.00. The molecule has 0 radical (unpaired) electrons. The lowest BCUT2D eigenvalue weighted by Crippen LogP contribution is -2.21. The third-order valence-corrected chi connectivity index (χ3v) is 5.57. The van der Waals surface area contributed by atoms with Gasteiger partial charge in [0, 0.05) is 23.7 Å². The van der Waals surface area contributed by atoms with Crippen molar-refractivity contribution in [1.82, 2.24) is 0 Å². The molecular weight excluding hydrogens is 405 g/mol. The Hall–Kier alpha value is -2.55. The molecule has 2 aromatic carbocycles. The van der Waals surface area contributed by atoms with Crippen molar-refractivity contribution in [2.75, 3.05) is 30.5 Å². The first-order valence-electron chi connectivity index (χ1n) is 8.97. The van der Waals surface area contributed by atoms with E-state index in [4.69, 9.17) is 9.47 Å². The third-order valence-electron chi connectivity index (χ3n) is 4.32. The number of ether oxygens (including phenoxy) is 2. The summed E-state index contributed by atoms with van der Waals surface area (Å²) in [5.74, 6) is 0.569. The second kappa shape index (κ2) is 8.86. The maximum atomic E-state index is 12.1. The number of carbonyl (C=O) groups excluding carboxylic acids is 1. The van der Waals surface area contributed by atoms with Crippen molar-refractivity contribution in [2.45, 2.75) is 29.8 Å². The highest BCUT2D eigenvalue weighted by Crippen LogP contribution is 2.43. The van der Waals surface area contributed by atoms with Gasteiger partial charge in [-0.25, -0.2) is 0 Å². The predicted molar refractivity (Wildman–Crippen MR) is 107 cm³/mol. The third kappa shape index (κ3) is 5.96. The van der Waals surface area contributed by atoms with Gasteiger partial charge in [0.1, 0.15) is 11.5 Å². The lowest BCUT2D eigenvalue weighted by Gasteiger charge is -2.17. The number of halogens is 3. The molecule has 29 heavy (non-hydrogen) atoms. The number of alkyl halides is 3. The van der Waals surface area contributed by atoms with E-state index in [0.717, 1.165) is 5.69 Å². The fourth-order valence-electron chi connectivity index (χ4n) is 2.69. The van der Waals surface area contributed by atoms with Crippen LogP contribution in [-0.4, -0.2) is 37.7 Å². The number of thioether (sulfide) groups is 1. The topological polar surface area (TPSA) is 50.8 Å². The number of benzene rings is 2. The number of rotatable bonds is 7. The molecule has 1 heterocycles. The van der Waals surface area contributed by atoms with E-state index < -0.39 is 19.2 Å². The number of amides is 1. The molecular formula is C20H21F3N2O3S. The summed E-state index contributed by atoms with van der Waals surface area (Å²) in [6.45, 7) is 1.51. The van der Waals surface area contributed by atoms with Gasteiger partial charge in [0.25, 0.3) is 5.91 Å². The Kier molecular flexibility index (Phi) is 6.46. The zero-order valence-corrected chi connectivity index (χ0v) is 16.8. The number of hydrogen-bond donors (Lipinski definition) is 1. The summed E-state index contributed by atoms with van der Waals surface area (Å²) >= 11 is 1.77. The van der Waals surface area contributed by atoms with E-state index in [1.165, 1.54) is 17.0 Å². The van der Waals surface area contributed by atoms with E-state index in [-0.39, 0.29) is 12.5 Å². The van der Waals surface area contributed by atoms with E-state index in [1.807, 2.05) is 25.2 Å². The molecule has 156 valence electrons. The van der Waals surface area contributed by atoms with Gasteiger partial charge in [-0.2, -0.15) is 13.2 Å². The van der Waals surface area contributed by atoms with Crippen LogP contribution in [0.2, 0.25) is 0 Å². The van der Waals surface area contributed by atoms with Crippen molar-refractivity contribution in [1.29, 1.82) is 0 Å². The monoisotopic (exact) mass is 426 g/mol. The van der Waals surface area contributed by atoms with Crippen LogP contribution >= 0.6 is 11.8 Å². The quantitative estimate of drug-likeness (QED) is 0.681. The van der Waals surface area contributed by atoms with Crippen molar-refractivity contribution in [3.05, 3.63) is 42.5 Å². The molecule has 0 aliphatic carbocycles. The molecule has 2 aromatic rings. The molecule has 0 bridgehead atoms. The second-order valence-corrected chi connectivity index (χ2v) is 7.89. The molecule has 0 saturated heterocycles. The maximum absolute atomic E-state index is 12.1. The lowest BCUT2D eigenvalue weighted by molar-refractivity contribution is -0.139. The Bertz CT molecular complexity index is 859. The predicted octanol–water partition coefficient (Wildman–Crippen LogP) is 4.92. The summed E-state index contributed by atoms with van der Waals surface area (Å²) in [4.78, 5) is 15.4. The molecule has 9 heteroatoms. The van der Waals surface area contributed by atoms with E-state index in [2.05, 4.69) is 17.1 Å². The van der Waals surface area contributed by atoms with Crippen LogP contribution in [0, 0.1) is 0 Å². The van der Waals surface area contributed by atoms with E-state index in [0.29, 0.717) is 22.6 Å². The van der Waals surface area contributed by atoms with Crippen LogP contribution in [-0.2, 0) is 4.79 Å². The fourth-order valence-corrected chi connectivity index (χ4v) is 3.80. The van der Waals surface area contributed by atoms with E-state index in [1.54, 1.807) is 23.9 Å². The standard InChI is InChI=1S/C20H21F3N2O3S/c1-13-25(2)17-11-16(7-8-18(17)29-13)28-12-19(26)24-14-3-5-15(6-4-14)27-10-9-20(21,22)23/h3-8,11,13H,9-10,12H2,1-2H3,(H,24,26). The number of hydrogen-bond acceptors (Lipinski definition) is 5. The number of fused-ring (bicyclic) bond motifs is 1. The molecule has 0 spiro atoms. The lowest BCUT2D eigenvalue weighted by atomic mass is 10.3. The van der Waals surface area contributed by atoms with Gasteiger partial charge in [-0.1, -0.05) is 11.8 Å². The molecule has 1 unspecified atom stereocenters. The summed E-state index contributed by atoms with van der Waals surface area (Å²) in [5.41, 5.74) is 1.57. The number of nitrogens with one attached hydrogen (secondary N) is 1. The molecule has 1 N–H and O–H groups in total. The zero-order chi connectivity index (χ0) is 21.0. The van der Waals surface area contributed by atoms with Gasteiger partial charge < -0.3 is 19.7 Å². The Morgan fingerprint density at radius 1 is 1.14 bits per heavy atom. The average molecular weight is 426 g/mol. The molecule has 0 aromatic heterocycles. The molecule has 0 fully saturated rings. The van der Waals surface area contributed by atoms with Crippen LogP contribution in [0.15, 0.2) is 47.4 Å². The minimum absolute atomic E-state index is 0.158. The van der Waals surface area contributed by atoms with Crippen molar-refractivity contribution >= 4 is 29.0 Å². The van der Waals surface area contributed by atoms with Crippen molar-refractivity contribution in [3.8, 4) is 11.5 Å². The Morgan fingerprint density at radius 2 is 1.83 bits per heavy atom. The number of nitrogens with zero attached hydrogens (tertiary/aromatic N) is 1.